The summed E-state index contributed by atoms with van der Waals surface area (Å²) < 4.78 is 0.972. The zero-order chi connectivity index (χ0) is 16.5. The summed E-state index contributed by atoms with van der Waals surface area (Å²) in [6, 6.07) is 0. The van der Waals surface area contributed by atoms with Crippen LogP contribution in [0.1, 0.15) is 51.4 Å². The maximum Gasteiger partial charge on any atom is 0.233 e. The van der Waals surface area contributed by atoms with Crippen LogP contribution in [0.3, 0.4) is 0 Å². The second-order valence-corrected chi connectivity index (χ2v) is 10.1. The molecular formula is C19H30N2OS2. The number of fused-ring (bicyclic) bond motifs is 8. The number of rotatable bonds is 2. The van der Waals surface area contributed by atoms with Gasteiger partial charge in [-0.15, -0.1) is 0 Å². The first-order valence-electron chi connectivity index (χ1n) is 9.87. The van der Waals surface area contributed by atoms with Crippen LogP contribution in [0, 0.1) is 23.7 Å². The van der Waals surface area contributed by atoms with E-state index in [1.165, 1.54) is 51.4 Å². The first kappa shape index (κ1) is 17.1. The lowest BCUT2D eigenvalue weighted by atomic mass is 9.84. The van der Waals surface area contributed by atoms with E-state index in [0.717, 1.165) is 54.2 Å². The van der Waals surface area contributed by atoms with Gasteiger partial charge in [-0.2, -0.15) is 0 Å². The van der Waals surface area contributed by atoms with Crippen molar-refractivity contribution in [2.45, 2.75) is 51.4 Å². The van der Waals surface area contributed by atoms with Crippen LogP contribution in [0.25, 0.3) is 0 Å². The van der Waals surface area contributed by atoms with E-state index in [0.29, 0.717) is 11.7 Å². The van der Waals surface area contributed by atoms with E-state index in [4.69, 9.17) is 12.2 Å². The Labute approximate surface area is 155 Å². The number of nitrogens with zero attached hydrogens (tertiary/aromatic N) is 2. The molecule has 0 aromatic heterocycles. The lowest BCUT2D eigenvalue weighted by Gasteiger charge is -2.26. The van der Waals surface area contributed by atoms with E-state index < -0.39 is 0 Å². The zero-order valence-electron chi connectivity index (χ0n) is 14.6. The summed E-state index contributed by atoms with van der Waals surface area (Å²) in [4.78, 5) is 17.3. The van der Waals surface area contributed by atoms with Crippen LogP contribution in [-0.4, -0.2) is 52.0 Å². The van der Waals surface area contributed by atoms with Gasteiger partial charge in [0.25, 0.3) is 0 Å². The average Bonchev–Trinajstić information content (AvgIpc) is 3.10. The van der Waals surface area contributed by atoms with Crippen LogP contribution >= 0.6 is 24.0 Å². The molecule has 1 amide bonds. The van der Waals surface area contributed by atoms with Gasteiger partial charge in [0, 0.05) is 26.2 Å². The van der Waals surface area contributed by atoms with Crippen molar-refractivity contribution in [3.8, 4) is 0 Å². The number of hydrogen-bond donors (Lipinski definition) is 0. The molecule has 4 aliphatic heterocycles. The number of carbonyl (C=O) groups is 1. The van der Waals surface area contributed by atoms with Crippen LogP contribution < -0.4 is 0 Å². The Hall–Kier alpha value is -0.290. The molecule has 0 radical (unpaired) electrons. The largest absolute Gasteiger partial charge is 0.357 e. The molecule has 6 aliphatic rings. The molecule has 3 nitrogen and oxygen atoms in total. The van der Waals surface area contributed by atoms with Crippen LogP contribution in [-0.2, 0) is 4.79 Å². The summed E-state index contributed by atoms with van der Waals surface area (Å²) in [7, 11) is 0. The van der Waals surface area contributed by atoms with Gasteiger partial charge in [0.15, 0.2) is 0 Å². The number of carbonyl (C=O) groups excluding carboxylic acids is 1. The Balaban J connectivity index is 1.28. The summed E-state index contributed by atoms with van der Waals surface area (Å²) in [6.45, 7) is 4.25. The van der Waals surface area contributed by atoms with Gasteiger partial charge in [-0.3, -0.25) is 4.79 Å². The normalized spacial score (nSPS) is 35.7. The smallest absolute Gasteiger partial charge is 0.233 e. The lowest BCUT2D eigenvalue weighted by molar-refractivity contribution is -0.128. The molecule has 134 valence electrons. The standard InChI is InChI=1S/C19H30N2OS2/c22-18(20-9-14-1-2-15(10-20)4-3-14)13-24-19(23)21-11-16-5-6-17(12-21)8-7-16/h14-17H,1-13H2. The average molecular weight is 367 g/mol. The fourth-order valence-corrected chi connectivity index (χ4v) is 6.33. The van der Waals surface area contributed by atoms with Gasteiger partial charge in [-0.1, -0.05) is 24.0 Å². The fourth-order valence-electron chi connectivity index (χ4n) is 5.25. The first-order chi connectivity index (χ1) is 11.7. The SMILES string of the molecule is O=C(CSC(=S)N1CC2CCC(CC2)C1)N1CC2CCC(CC2)C1. The molecule has 0 atom stereocenters. The summed E-state index contributed by atoms with van der Waals surface area (Å²) in [5.41, 5.74) is 0. The second kappa shape index (κ2) is 7.53. The van der Waals surface area contributed by atoms with E-state index in [1.54, 1.807) is 11.8 Å². The number of hydrogen-bond acceptors (Lipinski definition) is 3. The van der Waals surface area contributed by atoms with Gasteiger partial charge in [0.05, 0.1) is 5.75 Å². The second-order valence-electron chi connectivity index (χ2n) is 8.53. The number of amides is 1. The first-order valence-corrected chi connectivity index (χ1v) is 11.3. The van der Waals surface area contributed by atoms with Gasteiger partial charge < -0.3 is 9.80 Å². The van der Waals surface area contributed by atoms with Crippen LogP contribution in [0.5, 0.6) is 0 Å². The monoisotopic (exact) mass is 366 g/mol. The van der Waals surface area contributed by atoms with Crippen LogP contribution in [0.2, 0.25) is 0 Å². The van der Waals surface area contributed by atoms with Crippen molar-refractivity contribution in [3.05, 3.63) is 0 Å². The predicted octanol–water partition coefficient (Wildman–Crippen LogP) is 3.78. The summed E-state index contributed by atoms with van der Waals surface area (Å²) >= 11 is 7.31. The van der Waals surface area contributed by atoms with Gasteiger partial charge >= 0.3 is 0 Å². The molecule has 4 bridgehead atoms. The topological polar surface area (TPSA) is 23.6 Å². The number of thioether (sulfide) groups is 1. The highest BCUT2D eigenvalue weighted by atomic mass is 32.2. The number of thiocarbonyl (C=S) groups is 1. The minimum Gasteiger partial charge on any atom is -0.357 e. The lowest BCUT2D eigenvalue weighted by Crippen LogP contribution is -2.37. The Morgan fingerprint density at radius 3 is 1.54 bits per heavy atom. The van der Waals surface area contributed by atoms with E-state index >= 15 is 0 Å². The Bertz CT molecular complexity index is 410. The van der Waals surface area contributed by atoms with Crippen molar-refractivity contribution in [1.29, 1.82) is 0 Å². The quantitative estimate of drug-likeness (QED) is 0.694. The predicted molar refractivity (Wildman–Crippen MR) is 104 cm³/mol. The van der Waals surface area contributed by atoms with Gasteiger partial charge in [0.2, 0.25) is 5.91 Å². The Kier molecular flexibility index (Phi) is 5.38. The molecule has 2 aliphatic carbocycles. The molecule has 6 rings (SSSR count). The molecule has 24 heavy (non-hydrogen) atoms. The summed E-state index contributed by atoms with van der Waals surface area (Å²) in [5, 5.41) is 0. The Morgan fingerprint density at radius 1 is 0.750 bits per heavy atom. The molecule has 0 spiro atoms. The van der Waals surface area contributed by atoms with Crippen molar-refractivity contribution in [1.82, 2.24) is 9.80 Å². The zero-order valence-corrected chi connectivity index (χ0v) is 16.3. The molecule has 4 saturated heterocycles. The van der Waals surface area contributed by atoms with Gasteiger partial charge in [-0.05, 0) is 75.0 Å². The van der Waals surface area contributed by atoms with Crippen molar-refractivity contribution >= 4 is 34.2 Å². The molecule has 0 N–H and O–H groups in total. The highest BCUT2D eigenvalue weighted by molar-refractivity contribution is 8.23. The van der Waals surface area contributed by atoms with Gasteiger partial charge in [-0.25, -0.2) is 0 Å². The van der Waals surface area contributed by atoms with Crippen LogP contribution in [0.15, 0.2) is 0 Å². The summed E-state index contributed by atoms with van der Waals surface area (Å²) in [6.07, 6.45) is 10.8. The minimum atomic E-state index is 0.318. The molecule has 0 aromatic carbocycles. The summed E-state index contributed by atoms with van der Waals surface area (Å²) in [5.74, 6) is 4.04. The highest BCUT2D eigenvalue weighted by Gasteiger charge is 2.33. The van der Waals surface area contributed by atoms with Gasteiger partial charge in [0.1, 0.15) is 4.32 Å². The van der Waals surface area contributed by atoms with Crippen molar-refractivity contribution in [2.24, 2.45) is 23.7 Å². The third kappa shape index (κ3) is 3.92. The van der Waals surface area contributed by atoms with E-state index in [1.807, 2.05) is 0 Å². The third-order valence-electron chi connectivity index (χ3n) is 6.78. The molecule has 0 unspecified atom stereocenters. The van der Waals surface area contributed by atoms with Crippen molar-refractivity contribution in [2.75, 3.05) is 31.9 Å². The molecule has 6 fully saturated rings. The molecule has 2 saturated carbocycles. The molecule has 0 aromatic rings. The molecule has 5 heteroatoms. The van der Waals surface area contributed by atoms with Crippen LogP contribution in [0.4, 0.5) is 0 Å². The maximum atomic E-state index is 12.7. The Morgan fingerprint density at radius 2 is 1.12 bits per heavy atom. The highest BCUT2D eigenvalue weighted by Crippen LogP contribution is 2.36. The maximum absolute atomic E-state index is 12.7. The van der Waals surface area contributed by atoms with E-state index in [-0.39, 0.29) is 0 Å². The van der Waals surface area contributed by atoms with E-state index in [2.05, 4.69) is 9.80 Å². The minimum absolute atomic E-state index is 0.318. The van der Waals surface area contributed by atoms with Crippen molar-refractivity contribution in [3.63, 3.8) is 0 Å². The molecular weight excluding hydrogens is 336 g/mol. The third-order valence-corrected chi connectivity index (χ3v) is 8.29. The molecule has 4 heterocycles. The fraction of sp³-hybridized carbons (Fsp3) is 0.895. The van der Waals surface area contributed by atoms with Crippen molar-refractivity contribution < 1.29 is 4.79 Å². The van der Waals surface area contributed by atoms with E-state index in [9.17, 15) is 4.79 Å².